The van der Waals surface area contributed by atoms with Crippen LogP contribution in [-0.2, 0) is 24.8 Å². The van der Waals surface area contributed by atoms with Gasteiger partial charge in [-0.15, -0.1) is 0 Å². The third kappa shape index (κ3) is 5.62. The molecule has 0 amide bonds. The average molecular weight is 635 g/mol. The van der Waals surface area contributed by atoms with E-state index in [0.717, 1.165) is 34.8 Å². The summed E-state index contributed by atoms with van der Waals surface area (Å²) in [7, 11) is 3.96. The molecule has 4 nitrogen and oxygen atoms in total. The Morgan fingerprint density at radius 3 is 2.44 bits per heavy atom. The first-order chi connectivity index (χ1) is 21.3. The molecular weight excluding hydrogens is 576 g/mol. The summed E-state index contributed by atoms with van der Waals surface area (Å²) in [6, 6.07) is 9.82. The van der Waals surface area contributed by atoms with E-state index in [-0.39, 0.29) is 11.0 Å². The van der Waals surface area contributed by atoms with E-state index in [1.807, 2.05) is 47.7 Å². The minimum Gasteiger partial charge on any atom is -0.382 e. The molecule has 5 unspecified atom stereocenters. The van der Waals surface area contributed by atoms with Crippen LogP contribution >= 0.6 is 11.6 Å². The van der Waals surface area contributed by atoms with Crippen molar-refractivity contribution in [2.24, 2.45) is 52.9 Å². The van der Waals surface area contributed by atoms with Gasteiger partial charge in [-0.2, -0.15) is 0 Å². The number of rotatable bonds is 9. The zero-order valence-corrected chi connectivity index (χ0v) is 30.2. The molecule has 5 heteroatoms. The fourth-order valence-electron chi connectivity index (χ4n) is 11.4. The predicted molar refractivity (Wildman–Crippen MR) is 187 cm³/mol. The van der Waals surface area contributed by atoms with Crippen molar-refractivity contribution in [1.82, 2.24) is 9.36 Å². The molecule has 4 aliphatic carbocycles. The largest absolute Gasteiger partial charge is 0.382 e. The van der Waals surface area contributed by atoms with E-state index in [0.29, 0.717) is 35.3 Å². The van der Waals surface area contributed by atoms with E-state index in [9.17, 15) is 4.79 Å². The minimum absolute atomic E-state index is 0.103. The summed E-state index contributed by atoms with van der Waals surface area (Å²) in [6.07, 6.45) is 14.3. The van der Waals surface area contributed by atoms with Crippen molar-refractivity contribution in [1.29, 1.82) is 0 Å². The van der Waals surface area contributed by atoms with Gasteiger partial charge in [0.15, 0.2) is 0 Å². The van der Waals surface area contributed by atoms with Gasteiger partial charge in [0.1, 0.15) is 0 Å². The summed E-state index contributed by atoms with van der Waals surface area (Å²) in [5.41, 5.74) is 6.99. The van der Waals surface area contributed by atoms with Crippen LogP contribution in [0.15, 0.2) is 46.3 Å². The smallest absolute Gasteiger partial charge is 0.267 e. The second-order valence-electron chi connectivity index (χ2n) is 16.7. The molecule has 6 rings (SSSR count). The molecule has 0 N–H and O–H groups in total. The Bertz CT molecular complexity index is 1470. The van der Waals surface area contributed by atoms with E-state index < -0.39 is 0 Å². The molecule has 0 bridgehead atoms. The zero-order valence-electron chi connectivity index (χ0n) is 29.4. The monoisotopic (exact) mass is 634 g/mol. The van der Waals surface area contributed by atoms with Crippen molar-refractivity contribution in [2.45, 2.75) is 125 Å². The maximum atomic E-state index is 13.4. The first-order valence-electron chi connectivity index (χ1n) is 18.1. The van der Waals surface area contributed by atoms with Crippen LogP contribution in [0, 0.1) is 45.8 Å². The molecule has 1 aromatic carbocycles. The SMILES string of the molecule is COC(C)CCC1(C)[C@H](C)CCC2(C)C3CC[C@]4(Cc5cc(=O)n(Cc6ccc(Cl)cc6)n5C)CCC(C(C)C)=C4C3CC[C@@H]21. The molecule has 4 aliphatic rings. The van der Waals surface area contributed by atoms with Crippen molar-refractivity contribution < 1.29 is 4.74 Å². The van der Waals surface area contributed by atoms with E-state index in [2.05, 4.69) is 53.3 Å². The molecular formula is C40H59ClN2O2. The van der Waals surface area contributed by atoms with Crippen molar-refractivity contribution >= 4 is 11.6 Å². The lowest BCUT2D eigenvalue weighted by atomic mass is 9.40. The van der Waals surface area contributed by atoms with Gasteiger partial charge < -0.3 is 4.74 Å². The van der Waals surface area contributed by atoms with Crippen LogP contribution in [-0.4, -0.2) is 22.6 Å². The van der Waals surface area contributed by atoms with Gasteiger partial charge in [0.25, 0.3) is 5.56 Å². The van der Waals surface area contributed by atoms with Crippen LogP contribution in [0.4, 0.5) is 0 Å². The number of nitrogens with zero attached hydrogens (tertiary/aromatic N) is 2. The normalized spacial score (nSPS) is 35.3. The molecule has 2 aromatic rings. The number of methoxy groups -OCH3 is 1. The molecule has 1 heterocycles. The maximum Gasteiger partial charge on any atom is 0.267 e. The lowest BCUT2D eigenvalue weighted by molar-refractivity contribution is -0.140. The van der Waals surface area contributed by atoms with Crippen molar-refractivity contribution in [3.8, 4) is 0 Å². The Kier molecular flexibility index (Phi) is 9.09. The van der Waals surface area contributed by atoms with E-state index in [4.69, 9.17) is 16.3 Å². The van der Waals surface area contributed by atoms with Crippen LogP contribution in [0.25, 0.3) is 0 Å². The highest BCUT2D eigenvalue weighted by atomic mass is 35.5. The van der Waals surface area contributed by atoms with Crippen molar-refractivity contribution in [3.05, 3.63) is 68.1 Å². The standard InChI is InChI=1S/C40H59ClN2O2/c1-26(2)32-17-21-40(24-31-23-36(44)43(42(31)7)25-29-9-11-30(41)12-10-29)22-18-34-33(37(32)40)13-14-35-38(5,20-16-28(4)45-8)27(3)15-19-39(34,35)6/h9-12,23,26-28,33-35H,13-22,24-25H2,1-8H3/t27-,28?,33?,34?,35-,38?,39?,40+/m1/s1. The van der Waals surface area contributed by atoms with Crippen LogP contribution in [0.5, 0.6) is 0 Å². The Labute approximate surface area is 277 Å². The summed E-state index contributed by atoms with van der Waals surface area (Å²) < 4.78 is 9.80. The third-order valence-electron chi connectivity index (χ3n) is 14.3. The summed E-state index contributed by atoms with van der Waals surface area (Å²) in [6.45, 7) is 15.6. The number of hydrogen-bond donors (Lipinski definition) is 0. The Balaban J connectivity index is 1.31. The van der Waals surface area contributed by atoms with E-state index >= 15 is 0 Å². The van der Waals surface area contributed by atoms with Crippen LogP contribution in [0.3, 0.4) is 0 Å². The predicted octanol–water partition coefficient (Wildman–Crippen LogP) is 9.86. The fourth-order valence-corrected chi connectivity index (χ4v) is 11.5. The number of hydrogen-bond acceptors (Lipinski definition) is 2. The van der Waals surface area contributed by atoms with Gasteiger partial charge in [-0.25, -0.2) is 4.68 Å². The quantitative estimate of drug-likeness (QED) is 0.257. The topological polar surface area (TPSA) is 36.2 Å². The highest BCUT2D eigenvalue weighted by Crippen LogP contribution is 2.70. The Hall–Kier alpha value is -1.78. The number of halogens is 1. The van der Waals surface area contributed by atoms with Crippen molar-refractivity contribution in [3.63, 3.8) is 0 Å². The molecule has 0 spiro atoms. The number of allylic oxidation sites excluding steroid dienone is 2. The average Bonchev–Trinajstić information content (AvgIpc) is 3.52. The fraction of sp³-hybridized carbons (Fsp3) is 0.725. The van der Waals surface area contributed by atoms with Gasteiger partial charge in [-0.1, -0.05) is 69.5 Å². The first-order valence-corrected chi connectivity index (χ1v) is 18.5. The maximum absolute atomic E-state index is 13.4. The molecule has 0 aliphatic heterocycles. The minimum atomic E-state index is 0.103. The summed E-state index contributed by atoms with van der Waals surface area (Å²) in [4.78, 5) is 13.4. The Morgan fingerprint density at radius 2 is 1.76 bits per heavy atom. The molecule has 3 saturated carbocycles. The van der Waals surface area contributed by atoms with Gasteiger partial charge in [0.05, 0.1) is 12.6 Å². The van der Waals surface area contributed by atoms with Gasteiger partial charge in [-0.3, -0.25) is 9.48 Å². The molecule has 248 valence electrons. The third-order valence-corrected chi connectivity index (χ3v) is 14.6. The molecule has 3 fully saturated rings. The van der Waals surface area contributed by atoms with Gasteiger partial charge in [-0.05, 0) is 141 Å². The van der Waals surface area contributed by atoms with Crippen LogP contribution < -0.4 is 5.56 Å². The van der Waals surface area contributed by atoms with Gasteiger partial charge in [0.2, 0.25) is 0 Å². The lowest BCUT2D eigenvalue weighted by Gasteiger charge is -2.65. The van der Waals surface area contributed by atoms with Gasteiger partial charge >= 0.3 is 0 Å². The second-order valence-corrected chi connectivity index (χ2v) is 17.1. The molecule has 0 radical (unpaired) electrons. The van der Waals surface area contributed by atoms with E-state index in [1.54, 1.807) is 5.57 Å². The first kappa shape index (κ1) is 33.1. The Morgan fingerprint density at radius 1 is 1.02 bits per heavy atom. The molecule has 8 atom stereocenters. The van der Waals surface area contributed by atoms with E-state index in [1.165, 1.54) is 69.9 Å². The van der Waals surface area contributed by atoms with Crippen LogP contribution in [0.1, 0.15) is 117 Å². The summed E-state index contributed by atoms with van der Waals surface area (Å²) in [5.74, 6) is 3.63. The van der Waals surface area contributed by atoms with Gasteiger partial charge in [0, 0.05) is 30.9 Å². The number of ether oxygens (including phenoxy) is 1. The number of aromatic nitrogens is 2. The second kappa shape index (κ2) is 12.3. The highest BCUT2D eigenvalue weighted by molar-refractivity contribution is 6.30. The van der Waals surface area contributed by atoms with Crippen molar-refractivity contribution in [2.75, 3.05) is 7.11 Å². The number of fused-ring (bicyclic) bond motifs is 5. The zero-order chi connectivity index (χ0) is 32.3. The van der Waals surface area contributed by atoms with Crippen LogP contribution in [0.2, 0.25) is 5.02 Å². The number of benzene rings is 1. The molecule has 1 aromatic heterocycles. The lowest BCUT2D eigenvalue weighted by Crippen LogP contribution is -2.57. The summed E-state index contributed by atoms with van der Waals surface area (Å²) in [5, 5.41) is 0.728. The molecule has 0 saturated heterocycles. The highest BCUT2D eigenvalue weighted by Gasteiger charge is 2.62. The summed E-state index contributed by atoms with van der Waals surface area (Å²) >= 11 is 6.14. The molecule has 45 heavy (non-hydrogen) atoms.